The molecule has 3 aromatic carbocycles. The van der Waals surface area contributed by atoms with Crippen molar-refractivity contribution in [1.82, 2.24) is 9.78 Å². The monoisotopic (exact) mass is 491 g/mol. The Morgan fingerprint density at radius 1 is 1.11 bits per heavy atom. The Kier molecular flexibility index (Phi) is 7.03. The summed E-state index contributed by atoms with van der Waals surface area (Å²) in [6.07, 6.45) is 1.69. The molecule has 0 unspecified atom stereocenters. The van der Waals surface area contributed by atoms with Crippen LogP contribution in [0.3, 0.4) is 0 Å². The highest BCUT2D eigenvalue weighted by Gasteiger charge is 2.14. The molecule has 0 bridgehead atoms. The van der Waals surface area contributed by atoms with E-state index in [4.69, 9.17) is 21.1 Å². The van der Waals surface area contributed by atoms with Crippen molar-refractivity contribution in [3.05, 3.63) is 114 Å². The van der Waals surface area contributed by atoms with Crippen molar-refractivity contribution in [2.45, 2.75) is 13.5 Å². The number of hydrogen-bond donors (Lipinski definition) is 1. The summed E-state index contributed by atoms with van der Waals surface area (Å²) in [6.45, 7) is 6.32. The molecule has 0 spiro atoms. The van der Waals surface area contributed by atoms with Crippen LogP contribution in [0, 0.1) is 10.1 Å². The maximum Gasteiger partial charge on any atom is 0.279 e. The van der Waals surface area contributed by atoms with E-state index < -0.39 is 4.92 Å². The zero-order valence-corrected chi connectivity index (χ0v) is 19.6. The highest BCUT2D eigenvalue weighted by Crippen LogP contribution is 2.37. The Hall–Kier alpha value is -4.30. The minimum absolute atomic E-state index is 0.00236. The lowest BCUT2D eigenvalue weighted by Gasteiger charge is -2.14. The Bertz CT molecular complexity index is 1530. The van der Waals surface area contributed by atoms with Gasteiger partial charge in [-0.2, -0.15) is 0 Å². The van der Waals surface area contributed by atoms with Crippen LogP contribution in [-0.4, -0.2) is 21.3 Å². The van der Waals surface area contributed by atoms with Gasteiger partial charge in [0.05, 0.1) is 32.8 Å². The number of benzene rings is 3. The van der Waals surface area contributed by atoms with Gasteiger partial charge in [-0.3, -0.25) is 20.0 Å². The number of nitro groups is 1. The van der Waals surface area contributed by atoms with Gasteiger partial charge in [-0.05, 0) is 60.5 Å². The van der Waals surface area contributed by atoms with Crippen LogP contribution in [0.5, 0.6) is 11.5 Å². The van der Waals surface area contributed by atoms with Crippen molar-refractivity contribution >= 4 is 29.9 Å². The lowest BCUT2D eigenvalue weighted by molar-refractivity contribution is -0.384. The van der Waals surface area contributed by atoms with Crippen LogP contribution in [0.4, 0.5) is 5.69 Å². The third-order valence-corrected chi connectivity index (χ3v) is 5.47. The van der Waals surface area contributed by atoms with Crippen molar-refractivity contribution < 1.29 is 14.4 Å². The van der Waals surface area contributed by atoms with E-state index in [0.29, 0.717) is 44.9 Å². The van der Waals surface area contributed by atoms with Crippen LogP contribution in [-0.2, 0) is 6.61 Å². The van der Waals surface area contributed by atoms with E-state index in [1.165, 1.54) is 16.8 Å². The van der Waals surface area contributed by atoms with Crippen molar-refractivity contribution in [3.8, 4) is 17.2 Å². The third-order valence-electron chi connectivity index (χ3n) is 5.19. The highest BCUT2D eigenvalue weighted by atomic mass is 35.5. The van der Waals surface area contributed by atoms with Gasteiger partial charge in [-0.1, -0.05) is 36.4 Å². The normalized spacial score (nSPS) is 11.4. The molecule has 178 valence electrons. The van der Waals surface area contributed by atoms with Crippen LogP contribution in [0.15, 0.2) is 71.5 Å². The van der Waals surface area contributed by atoms with E-state index in [1.54, 1.807) is 30.3 Å². The first-order chi connectivity index (χ1) is 16.9. The Morgan fingerprint density at radius 2 is 1.83 bits per heavy atom. The second-order valence-electron chi connectivity index (χ2n) is 7.60. The fourth-order valence-electron chi connectivity index (χ4n) is 3.51. The van der Waals surface area contributed by atoms with Gasteiger partial charge in [0.2, 0.25) is 0 Å². The second-order valence-corrected chi connectivity index (χ2v) is 8.01. The minimum Gasteiger partial charge on any atom is -0.490 e. The standard InChI is InChI=1S/C26H22ClN3O5/c1-3-34-24-15-19(13-22-17(2)28-29(26(22)31)20-7-5-4-6-8-20)14-23(27)25(24)35-16-18-9-11-21(12-10-18)30(32)33/h4-15,28H,2-3,16H2,1H3/b22-13-. The highest BCUT2D eigenvalue weighted by molar-refractivity contribution is 6.32. The van der Waals surface area contributed by atoms with E-state index in [2.05, 4.69) is 11.7 Å². The lowest BCUT2D eigenvalue weighted by Crippen LogP contribution is -2.33. The summed E-state index contributed by atoms with van der Waals surface area (Å²) in [5, 5.41) is 15.0. The van der Waals surface area contributed by atoms with E-state index in [-0.39, 0.29) is 17.9 Å². The molecule has 0 radical (unpaired) electrons. The predicted octanol–water partition coefficient (Wildman–Crippen LogP) is 3.94. The van der Waals surface area contributed by atoms with Crippen LogP contribution in [0.25, 0.3) is 18.3 Å². The van der Waals surface area contributed by atoms with Crippen LogP contribution in [0.2, 0.25) is 5.02 Å². The van der Waals surface area contributed by atoms with Gasteiger partial charge in [0.25, 0.3) is 11.2 Å². The fraction of sp³-hybridized carbons (Fsp3) is 0.115. The number of non-ortho nitro benzene ring substituents is 1. The number of halogens is 1. The number of rotatable bonds is 8. The van der Waals surface area contributed by atoms with Gasteiger partial charge in [0.15, 0.2) is 11.5 Å². The fourth-order valence-corrected chi connectivity index (χ4v) is 3.79. The second kappa shape index (κ2) is 10.3. The van der Waals surface area contributed by atoms with Crippen molar-refractivity contribution in [3.63, 3.8) is 0 Å². The van der Waals surface area contributed by atoms with Crippen molar-refractivity contribution in [1.29, 1.82) is 0 Å². The van der Waals surface area contributed by atoms with Crippen LogP contribution >= 0.6 is 11.6 Å². The molecule has 9 heteroatoms. The smallest absolute Gasteiger partial charge is 0.279 e. The molecule has 1 heterocycles. The Labute approximate surface area is 205 Å². The summed E-state index contributed by atoms with van der Waals surface area (Å²) in [7, 11) is 0. The molecule has 0 saturated carbocycles. The summed E-state index contributed by atoms with van der Waals surface area (Å²) in [6, 6.07) is 18.7. The van der Waals surface area contributed by atoms with Crippen molar-refractivity contribution in [2.75, 3.05) is 6.61 Å². The molecule has 8 nitrogen and oxygen atoms in total. The number of nitrogens with one attached hydrogen (secondary N) is 1. The van der Waals surface area contributed by atoms with Crippen LogP contribution in [0.1, 0.15) is 18.1 Å². The van der Waals surface area contributed by atoms with Gasteiger partial charge >= 0.3 is 0 Å². The topological polar surface area (TPSA) is 99.4 Å². The van der Waals surface area contributed by atoms with Crippen LogP contribution < -0.4 is 25.6 Å². The number of H-pyrrole nitrogens is 1. The molecule has 0 saturated heterocycles. The summed E-state index contributed by atoms with van der Waals surface area (Å²) in [5.41, 5.74) is 1.84. The molecule has 0 aliphatic heterocycles. The van der Waals surface area contributed by atoms with Gasteiger partial charge in [-0.15, -0.1) is 0 Å². The molecule has 1 N–H and O–H groups in total. The number of para-hydroxylation sites is 1. The largest absolute Gasteiger partial charge is 0.490 e. The Balaban J connectivity index is 1.66. The first-order valence-corrected chi connectivity index (χ1v) is 11.1. The molecule has 35 heavy (non-hydrogen) atoms. The molecule has 0 aliphatic rings. The van der Waals surface area contributed by atoms with E-state index in [1.807, 2.05) is 37.3 Å². The molecular weight excluding hydrogens is 470 g/mol. The maximum absolute atomic E-state index is 13.0. The summed E-state index contributed by atoms with van der Waals surface area (Å²) >= 11 is 6.53. The predicted molar refractivity (Wildman–Crippen MR) is 135 cm³/mol. The lowest BCUT2D eigenvalue weighted by atomic mass is 10.1. The van der Waals surface area contributed by atoms with Crippen molar-refractivity contribution in [2.24, 2.45) is 0 Å². The quantitative estimate of drug-likeness (QED) is 0.297. The maximum atomic E-state index is 13.0. The average molecular weight is 492 g/mol. The molecule has 0 amide bonds. The molecule has 0 aliphatic carbocycles. The number of ether oxygens (including phenoxy) is 2. The Morgan fingerprint density at radius 3 is 2.49 bits per heavy atom. The third kappa shape index (κ3) is 5.28. The van der Waals surface area contributed by atoms with Gasteiger partial charge in [0, 0.05) is 12.1 Å². The first-order valence-electron chi connectivity index (χ1n) is 10.8. The van der Waals surface area contributed by atoms with E-state index in [9.17, 15) is 14.9 Å². The molecule has 4 aromatic rings. The molecule has 1 aromatic heterocycles. The van der Waals surface area contributed by atoms with E-state index >= 15 is 0 Å². The molecule has 0 atom stereocenters. The number of hydrogen-bond acceptors (Lipinski definition) is 5. The summed E-state index contributed by atoms with van der Waals surface area (Å²) < 4.78 is 13.1. The van der Waals surface area contributed by atoms with Gasteiger partial charge < -0.3 is 9.47 Å². The average Bonchev–Trinajstić information content (AvgIpc) is 3.13. The molecule has 0 fully saturated rings. The number of aromatic amines is 1. The van der Waals surface area contributed by atoms with Gasteiger partial charge in [0.1, 0.15) is 6.61 Å². The minimum atomic E-state index is -0.458. The number of nitrogens with zero attached hydrogens (tertiary/aromatic N) is 2. The van der Waals surface area contributed by atoms with E-state index in [0.717, 1.165) is 5.56 Å². The molecule has 4 rings (SSSR count). The number of nitro benzene ring substituents is 1. The summed E-state index contributed by atoms with van der Waals surface area (Å²) in [4.78, 5) is 23.4. The summed E-state index contributed by atoms with van der Waals surface area (Å²) in [5.74, 6) is 0.757. The SMILES string of the molecule is C=c1[nH]n(-c2ccccc2)c(=O)/c1=C\c1cc(Cl)c(OCc2ccc([N+](=O)[O-])cc2)c(OCC)c1. The van der Waals surface area contributed by atoms with Gasteiger partial charge in [-0.25, -0.2) is 4.68 Å². The zero-order valence-electron chi connectivity index (χ0n) is 18.9. The molecular formula is C26H22ClN3O5. The number of aromatic nitrogens is 2. The zero-order chi connectivity index (χ0) is 24.9. The first kappa shape index (κ1) is 23.8.